The first-order valence-corrected chi connectivity index (χ1v) is 5.06. The number of hydrogen-bond acceptors (Lipinski definition) is 1. The molecule has 0 aliphatic heterocycles. The molecule has 0 heterocycles. The summed E-state index contributed by atoms with van der Waals surface area (Å²) in [5.74, 6) is 0.311. The molecule has 1 unspecified atom stereocenters. The van der Waals surface area contributed by atoms with Gasteiger partial charge in [-0.2, -0.15) is 8.78 Å². The van der Waals surface area contributed by atoms with E-state index < -0.39 is 6.61 Å². The van der Waals surface area contributed by atoms with Crippen molar-refractivity contribution in [3.05, 3.63) is 35.9 Å². The Labute approximate surface area is 89.1 Å². The Morgan fingerprint density at radius 3 is 2.20 bits per heavy atom. The third kappa shape index (κ3) is 3.96. The number of alkyl halides is 2. The lowest BCUT2D eigenvalue weighted by atomic mass is 9.89. The zero-order chi connectivity index (χ0) is 11.3. The largest absolute Gasteiger partial charge is 0.345 e. The van der Waals surface area contributed by atoms with E-state index in [2.05, 4.69) is 4.74 Å². The highest BCUT2D eigenvalue weighted by Gasteiger charge is 2.17. The Bertz CT molecular complexity index is 272. The molecule has 0 N–H and O–H groups in total. The molecule has 0 aliphatic rings. The van der Waals surface area contributed by atoms with Crippen molar-refractivity contribution in [3.8, 4) is 0 Å². The van der Waals surface area contributed by atoms with E-state index in [1.807, 2.05) is 44.2 Å². The molecular formula is C12H16F2O. The second kappa shape index (κ2) is 5.81. The van der Waals surface area contributed by atoms with Gasteiger partial charge in [0.1, 0.15) is 0 Å². The van der Waals surface area contributed by atoms with Gasteiger partial charge in [-0.05, 0) is 11.5 Å². The van der Waals surface area contributed by atoms with Crippen LogP contribution in [0.1, 0.15) is 25.3 Å². The van der Waals surface area contributed by atoms with Gasteiger partial charge in [-0.1, -0.05) is 44.2 Å². The second-order valence-corrected chi connectivity index (χ2v) is 3.86. The molecule has 0 saturated heterocycles. The summed E-state index contributed by atoms with van der Waals surface area (Å²) in [6, 6.07) is 9.62. The fourth-order valence-electron chi connectivity index (χ4n) is 1.55. The Balaban J connectivity index is 2.66. The van der Waals surface area contributed by atoms with Crippen LogP contribution in [-0.4, -0.2) is 13.2 Å². The van der Waals surface area contributed by atoms with E-state index in [-0.39, 0.29) is 18.4 Å². The topological polar surface area (TPSA) is 9.23 Å². The van der Waals surface area contributed by atoms with Crippen LogP contribution in [0.5, 0.6) is 0 Å². The lowest BCUT2D eigenvalue weighted by Gasteiger charge is -2.20. The highest BCUT2D eigenvalue weighted by molar-refractivity contribution is 5.20. The van der Waals surface area contributed by atoms with E-state index >= 15 is 0 Å². The molecule has 0 amide bonds. The standard InChI is InChI=1S/C12H16F2O/c1-9(2)11(8-15-12(13)14)10-6-4-3-5-7-10/h3-7,9,11-12H,8H2,1-2H3. The summed E-state index contributed by atoms with van der Waals surface area (Å²) >= 11 is 0. The summed E-state index contributed by atoms with van der Waals surface area (Å²) in [4.78, 5) is 0. The number of rotatable bonds is 5. The van der Waals surface area contributed by atoms with Crippen LogP contribution < -0.4 is 0 Å². The first-order valence-electron chi connectivity index (χ1n) is 5.06. The average Bonchev–Trinajstić information content (AvgIpc) is 2.18. The summed E-state index contributed by atoms with van der Waals surface area (Å²) < 4.78 is 28.3. The molecule has 0 fully saturated rings. The molecule has 0 saturated carbocycles. The second-order valence-electron chi connectivity index (χ2n) is 3.86. The molecule has 0 spiro atoms. The van der Waals surface area contributed by atoms with Gasteiger partial charge in [-0.15, -0.1) is 0 Å². The smallest absolute Gasteiger partial charge is 0.322 e. The normalized spacial score (nSPS) is 13.5. The van der Waals surface area contributed by atoms with Crippen LogP contribution in [0.25, 0.3) is 0 Å². The van der Waals surface area contributed by atoms with Crippen molar-refractivity contribution >= 4 is 0 Å². The maximum atomic E-state index is 12.0. The summed E-state index contributed by atoms with van der Waals surface area (Å²) in [7, 11) is 0. The minimum absolute atomic E-state index is 0.0280. The Morgan fingerprint density at radius 2 is 1.73 bits per heavy atom. The minimum atomic E-state index is -2.69. The molecule has 1 nitrogen and oxygen atoms in total. The molecular weight excluding hydrogens is 198 g/mol. The Hall–Kier alpha value is -0.960. The predicted molar refractivity (Wildman–Crippen MR) is 56.0 cm³/mol. The Kier molecular flexibility index (Phi) is 4.69. The van der Waals surface area contributed by atoms with Gasteiger partial charge in [0.15, 0.2) is 0 Å². The van der Waals surface area contributed by atoms with Crippen molar-refractivity contribution < 1.29 is 13.5 Å². The average molecular weight is 214 g/mol. The van der Waals surface area contributed by atoms with Gasteiger partial charge in [0, 0.05) is 5.92 Å². The van der Waals surface area contributed by atoms with E-state index in [0.717, 1.165) is 5.56 Å². The van der Waals surface area contributed by atoms with E-state index in [1.54, 1.807) is 0 Å². The molecule has 1 atom stereocenters. The molecule has 0 radical (unpaired) electrons. The lowest BCUT2D eigenvalue weighted by molar-refractivity contribution is -0.134. The zero-order valence-electron chi connectivity index (χ0n) is 8.99. The fourth-order valence-corrected chi connectivity index (χ4v) is 1.55. The van der Waals surface area contributed by atoms with Crippen LogP contribution in [0.15, 0.2) is 30.3 Å². The van der Waals surface area contributed by atoms with Crippen molar-refractivity contribution in [2.24, 2.45) is 5.92 Å². The summed E-state index contributed by atoms with van der Waals surface area (Å²) in [6.45, 7) is 1.40. The molecule has 1 aromatic rings. The van der Waals surface area contributed by atoms with Crippen LogP contribution >= 0.6 is 0 Å². The summed E-state index contributed by atoms with van der Waals surface area (Å²) in [6.07, 6.45) is 0. The van der Waals surface area contributed by atoms with Gasteiger partial charge in [0.05, 0.1) is 6.61 Å². The molecule has 0 aromatic heterocycles. The van der Waals surface area contributed by atoms with Gasteiger partial charge >= 0.3 is 6.61 Å². The molecule has 0 aliphatic carbocycles. The molecule has 15 heavy (non-hydrogen) atoms. The van der Waals surface area contributed by atoms with Gasteiger partial charge in [-0.25, -0.2) is 0 Å². The van der Waals surface area contributed by atoms with Crippen LogP contribution in [0.2, 0.25) is 0 Å². The van der Waals surface area contributed by atoms with E-state index in [1.165, 1.54) is 0 Å². The number of halogens is 2. The first-order chi connectivity index (χ1) is 7.11. The number of ether oxygens (including phenoxy) is 1. The summed E-state index contributed by atoms with van der Waals surface area (Å²) in [5, 5.41) is 0. The SMILES string of the molecule is CC(C)C(COC(F)F)c1ccccc1. The molecule has 3 heteroatoms. The summed E-state index contributed by atoms with van der Waals surface area (Å²) in [5.41, 5.74) is 1.05. The van der Waals surface area contributed by atoms with Gasteiger partial charge in [0.25, 0.3) is 0 Å². The third-order valence-corrected chi connectivity index (χ3v) is 2.43. The monoisotopic (exact) mass is 214 g/mol. The van der Waals surface area contributed by atoms with E-state index in [0.29, 0.717) is 0 Å². The van der Waals surface area contributed by atoms with Crippen LogP contribution in [0, 0.1) is 5.92 Å². The highest BCUT2D eigenvalue weighted by Crippen LogP contribution is 2.25. The van der Waals surface area contributed by atoms with E-state index in [4.69, 9.17) is 0 Å². The van der Waals surface area contributed by atoms with Crippen molar-refractivity contribution in [1.82, 2.24) is 0 Å². The molecule has 0 bridgehead atoms. The maximum Gasteiger partial charge on any atom is 0.345 e. The third-order valence-electron chi connectivity index (χ3n) is 2.43. The van der Waals surface area contributed by atoms with Gasteiger partial charge < -0.3 is 4.74 Å². The maximum absolute atomic E-state index is 12.0. The van der Waals surface area contributed by atoms with Crippen LogP contribution in [-0.2, 0) is 4.74 Å². The Morgan fingerprint density at radius 1 is 1.13 bits per heavy atom. The minimum Gasteiger partial charge on any atom is -0.322 e. The fraction of sp³-hybridized carbons (Fsp3) is 0.500. The van der Waals surface area contributed by atoms with Crippen molar-refractivity contribution in [2.45, 2.75) is 26.4 Å². The van der Waals surface area contributed by atoms with Gasteiger partial charge in [-0.3, -0.25) is 0 Å². The predicted octanol–water partition coefficient (Wildman–Crippen LogP) is 3.67. The number of hydrogen-bond donors (Lipinski definition) is 0. The molecule has 84 valence electrons. The van der Waals surface area contributed by atoms with E-state index in [9.17, 15) is 8.78 Å². The van der Waals surface area contributed by atoms with Gasteiger partial charge in [0.2, 0.25) is 0 Å². The molecule has 1 aromatic carbocycles. The van der Waals surface area contributed by atoms with Crippen molar-refractivity contribution in [2.75, 3.05) is 6.61 Å². The lowest BCUT2D eigenvalue weighted by Crippen LogP contribution is -2.16. The number of benzene rings is 1. The van der Waals surface area contributed by atoms with Crippen molar-refractivity contribution in [1.29, 1.82) is 0 Å². The molecule has 1 rings (SSSR count). The highest BCUT2D eigenvalue weighted by atomic mass is 19.3. The van der Waals surface area contributed by atoms with Crippen LogP contribution in [0.3, 0.4) is 0 Å². The van der Waals surface area contributed by atoms with Crippen molar-refractivity contribution in [3.63, 3.8) is 0 Å². The quantitative estimate of drug-likeness (QED) is 0.726. The zero-order valence-corrected chi connectivity index (χ0v) is 8.99. The first kappa shape index (κ1) is 12.1. The van der Waals surface area contributed by atoms with Crippen LogP contribution in [0.4, 0.5) is 8.78 Å².